The van der Waals surface area contributed by atoms with Crippen molar-refractivity contribution in [2.75, 3.05) is 13.6 Å². The first-order valence-electron chi connectivity index (χ1n) is 5.92. The SMILES string of the molecule is Cc1cc(F)c(S(=O)(=O)N[C@@H]2CC(=O)N(C)C2)cc1F. The van der Waals surface area contributed by atoms with Crippen LogP contribution in [0.2, 0.25) is 0 Å². The number of amides is 1. The van der Waals surface area contributed by atoms with Gasteiger partial charge in [-0.15, -0.1) is 0 Å². The number of halogens is 2. The summed E-state index contributed by atoms with van der Waals surface area (Å²) in [5.41, 5.74) is 0.0252. The van der Waals surface area contributed by atoms with Crippen LogP contribution in [0.5, 0.6) is 0 Å². The number of nitrogens with zero attached hydrogens (tertiary/aromatic N) is 1. The predicted octanol–water partition coefficient (Wildman–Crippen LogP) is 0.782. The van der Waals surface area contributed by atoms with E-state index in [1.165, 1.54) is 11.8 Å². The molecule has 1 aliphatic rings. The molecule has 0 aromatic heterocycles. The molecule has 110 valence electrons. The Morgan fingerprint density at radius 1 is 1.30 bits per heavy atom. The molecule has 0 saturated carbocycles. The van der Waals surface area contributed by atoms with Crippen molar-refractivity contribution >= 4 is 15.9 Å². The molecule has 1 amide bonds. The van der Waals surface area contributed by atoms with Crippen molar-refractivity contribution in [3.8, 4) is 0 Å². The lowest BCUT2D eigenvalue weighted by Gasteiger charge is -2.13. The first kappa shape index (κ1) is 14.9. The lowest BCUT2D eigenvalue weighted by atomic mass is 10.2. The number of hydrogen-bond donors (Lipinski definition) is 1. The maximum atomic E-state index is 13.7. The molecule has 8 heteroatoms. The molecule has 0 unspecified atom stereocenters. The molecule has 2 rings (SSSR count). The number of aryl methyl sites for hydroxylation is 1. The van der Waals surface area contributed by atoms with Gasteiger partial charge in [0.1, 0.15) is 16.5 Å². The van der Waals surface area contributed by atoms with Crippen molar-refractivity contribution in [2.45, 2.75) is 24.3 Å². The van der Waals surface area contributed by atoms with E-state index in [9.17, 15) is 22.0 Å². The van der Waals surface area contributed by atoms with Gasteiger partial charge in [-0.3, -0.25) is 4.79 Å². The van der Waals surface area contributed by atoms with E-state index >= 15 is 0 Å². The minimum Gasteiger partial charge on any atom is -0.344 e. The Balaban J connectivity index is 2.28. The standard InChI is InChI=1S/C12H14F2N2O3S/c1-7-3-10(14)11(5-9(7)13)20(18,19)15-8-4-12(17)16(2)6-8/h3,5,8,15H,4,6H2,1-2H3/t8-/m1/s1. The molecule has 5 nitrogen and oxygen atoms in total. The average molecular weight is 304 g/mol. The van der Waals surface area contributed by atoms with Gasteiger partial charge in [-0.1, -0.05) is 0 Å². The summed E-state index contributed by atoms with van der Waals surface area (Å²) in [6.07, 6.45) is 0.00565. The second-order valence-electron chi connectivity index (χ2n) is 4.83. The highest BCUT2D eigenvalue weighted by atomic mass is 32.2. The third-order valence-electron chi connectivity index (χ3n) is 3.17. The minimum absolute atomic E-state index is 0.00565. The minimum atomic E-state index is -4.20. The normalized spacial score (nSPS) is 19.7. The van der Waals surface area contributed by atoms with Crippen molar-refractivity contribution in [1.29, 1.82) is 0 Å². The molecule has 1 saturated heterocycles. The highest BCUT2D eigenvalue weighted by molar-refractivity contribution is 7.89. The topological polar surface area (TPSA) is 66.5 Å². The van der Waals surface area contributed by atoms with Gasteiger partial charge in [0, 0.05) is 26.1 Å². The maximum absolute atomic E-state index is 13.7. The van der Waals surface area contributed by atoms with E-state index in [1.54, 1.807) is 7.05 Å². The fraction of sp³-hybridized carbons (Fsp3) is 0.417. The second kappa shape index (κ2) is 5.10. The Hall–Kier alpha value is -1.54. The summed E-state index contributed by atoms with van der Waals surface area (Å²) >= 11 is 0. The number of rotatable bonds is 3. The largest absolute Gasteiger partial charge is 0.344 e. The third kappa shape index (κ3) is 2.80. The van der Waals surface area contributed by atoms with E-state index < -0.39 is 32.6 Å². The predicted molar refractivity (Wildman–Crippen MR) is 67.5 cm³/mol. The van der Waals surface area contributed by atoms with Crippen LogP contribution in [0, 0.1) is 18.6 Å². The Bertz CT molecular complexity index is 661. The van der Waals surface area contributed by atoms with E-state index in [0.29, 0.717) is 6.07 Å². The summed E-state index contributed by atoms with van der Waals surface area (Å²) in [7, 11) is -2.66. The van der Waals surface area contributed by atoms with Crippen LogP contribution >= 0.6 is 0 Å². The van der Waals surface area contributed by atoms with Crippen LogP contribution in [0.1, 0.15) is 12.0 Å². The van der Waals surface area contributed by atoms with E-state index in [4.69, 9.17) is 0 Å². The highest BCUT2D eigenvalue weighted by Crippen LogP contribution is 2.20. The van der Waals surface area contributed by atoms with Gasteiger partial charge in [0.05, 0.1) is 0 Å². The van der Waals surface area contributed by atoms with E-state index in [1.807, 2.05) is 0 Å². The van der Waals surface area contributed by atoms with Crippen LogP contribution in [-0.2, 0) is 14.8 Å². The fourth-order valence-electron chi connectivity index (χ4n) is 2.06. The van der Waals surface area contributed by atoms with E-state index in [0.717, 1.165) is 6.07 Å². The molecule has 1 N–H and O–H groups in total. The highest BCUT2D eigenvalue weighted by Gasteiger charge is 2.32. The Kier molecular flexibility index (Phi) is 3.79. The zero-order valence-electron chi connectivity index (χ0n) is 11.0. The second-order valence-corrected chi connectivity index (χ2v) is 6.51. The van der Waals surface area contributed by atoms with Crippen molar-refractivity contribution < 1.29 is 22.0 Å². The van der Waals surface area contributed by atoms with Crippen LogP contribution in [0.4, 0.5) is 8.78 Å². The van der Waals surface area contributed by atoms with Gasteiger partial charge < -0.3 is 4.90 Å². The number of carbonyl (C=O) groups excluding carboxylic acids is 1. The van der Waals surface area contributed by atoms with Crippen LogP contribution in [-0.4, -0.2) is 38.9 Å². The summed E-state index contributed by atoms with van der Waals surface area (Å²) in [6.45, 7) is 1.54. The van der Waals surface area contributed by atoms with Gasteiger partial charge in [0.25, 0.3) is 0 Å². The number of sulfonamides is 1. The van der Waals surface area contributed by atoms with Crippen LogP contribution in [0.3, 0.4) is 0 Å². The van der Waals surface area contributed by atoms with Gasteiger partial charge >= 0.3 is 0 Å². The average Bonchev–Trinajstić information content (AvgIpc) is 2.61. The maximum Gasteiger partial charge on any atom is 0.243 e. The number of likely N-dealkylation sites (N-methyl/N-ethyl adjacent to an activating group) is 1. The van der Waals surface area contributed by atoms with Gasteiger partial charge in [-0.25, -0.2) is 21.9 Å². The number of likely N-dealkylation sites (tertiary alicyclic amines) is 1. The molecule has 0 spiro atoms. The zero-order chi connectivity index (χ0) is 15.1. The van der Waals surface area contributed by atoms with Crippen LogP contribution in [0.25, 0.3) is 0 Å². The summed E-state index contributed by atoms with van der Waals surface area (Å²) < 4.78 is 53.4. The molecule has 1 aromatic carbocycles. The van der Waals surface area contributed by atoms with Gasteiger partial charge in [-0.05, 0) is 24.6 Å². The summed E-state index contributed by atoms with van der Waals surface area (Å²) in [6, 6.07) is 0.838. The smallest absolute Gasteiger partial charge is 0.243 e. The molecule has 1 aromatic rings. The summed E-state index contributed by atoms with van der Waals surface area (Å²) in [5.74, 6) is -2.02. The number of carbonyl (C=O) groups is 1. The monoisotopic (exact) mass is 304 g/mol. The quantitative estimate of drug-likeness (QED) is 0.897. The molecule has 0 bridgehead atoms. The first-order valence-corrected chi connectivity index (χ1v) is 7.41. The zero-order valence-corrected chi connectivity index (χ0v) is 11.8. The Morgan fingerprint density at radius 2 is 1.95 bits per heavy atom. The van der Waals surface area contributed by atoms with E-state index in [-0.39, 0.29) is 24.4 Å². The van der Waals surface area contributed by atoms with Crippen molar-refractivity contribution in [2.24, 2.45) is 0 Å². The van der Waals surface area contributed by atoms with Crippen molar-refractivity contribution in [3.05, 3.63) is 29.3 Å². The Morgan fingerprint density at radius 3 is 2.50 bits per heavy atom. The molecule has 1 atom stereocenters. The molecule has 1 aliphatic heterocycles. The third-order valence-corrected chi connectivity index (χ3v) is 4.70. The summed E-state index contributed by atoms with van der Waals surface area (Å²) in [4.78, 5) is 12.0. The molecule has 0 aliphatic carbocycles. The lowest BCUT2D eigenvalue weighted by Crippen LogP contribution is -2.36. The first-order chi connectivity index (χ1) is 9.20. The fourth-order valence-corrected chi connectivity index (χ4v) is 3.36. The van der Waals surface area contributed by atoms with Crippen molar-refractivity contribution in [1.82, 2.24) is 9.62 Å². The number of hydrogen-bond acceptors (Lipinski definition) is 3. The van der Waals surface area contributed by atoms with Gasteiger partial charge in [-0.2, -0.15) is 0 Å². The molecule has 20 heavy (non-hydrogen) atoms. The Labute approximate surface area is 115 Å². The van der Waals surface area contributed by atoms with Crippen molar-refractivity contribution in [3.63, 3.8) is 0 Å². The molecule has 1 heterocycles. The molecule has 1 fully saturated rings. The molecule has 0 radical (unpaired) electrons. The molecular weight excluding hydrogens is 290 g/mol. The van der Waals surface area contributed by atoms with Crippen LogP contribution in [0.15, 0.2) is 17.0 Å². The van der Waals surface area contributed by atoms with Gasteiger partial charge in [0.2, 0.25) is 15.9 Å². The lowest BCUT2D eigenvalue weighted by molar-refractivity contribution is -0.126. The van der Waals surface area contributed by atoms with Gasteiger partial charge in [0.15, 0.2) is 0 Å². The molecular formula is C12H14F2N2O3S. The number of nitrogens with one attached hydrogen (secondary N) is 1. The van der Waals surface area contributed by atoms with E-state index in [2.05, 4.69) is 4.72 Å². The van der Waals surface area contributed by atoms with Crippen LogP contribution < -0.4 is 4.72 Å². The summed E-state index contributed by atoms with van der Waals surface area (Å²) in [5, 5.41) is 0. The number of benzene rings is 1.